The van der Waals surface area contributed by atoms with Crippen LogP contribution in [-0.2, 0) is 9.53 Å². The number of anilines is 1. The fourth-order valence-corrected chi connectivity index (χ4v) is 3.29. The van der Waals surface area contributed by atoms with Gasteiger partial charge in [0.25, 0.3) is 0 Å². The van der Waals surface area contributed by atoms with Crippen molar-refractivity contribution in [2.24, 2.45) is 5.41 Å². The molecule has 0 fully saturated rings. The van der Waals surface area contributed by atoms with E-state index in [1.807, 2.05) is 42.5 Å². The second kappa shape index (κ2) is 5.48. The molecule has 0 unspecified atom stereocenters. The van der Waals surface area contributed by atoms with Gasteiger partial charge in [-0.3, -0.25) is 4.79 Å². The number of ether oxygens (including phenoxy) is 1. The Kier molecular flexibility index (Phi) is 3.65. The molecule has 1 aliphatic rings. The number of fused-ring (bicyclic) bond motifs is 1. The van der Waals surface area contributed by atoms with E-state index < -0.39 is 0 Å². The molecule has 3 nitrogen and oxygen atoms in total. The zero-order chi connectivity index (χ0) is 15.7. The molecule has 22 heavy (non-hydrogen) atoms. The molecule has 0 bridgehead atoms. The lowest BCUT2D eigenvalue weighted by atomic mass is 9.70. The van der Waals surface area contributed by atoms with E-state index in [9.17, 15) is 4.79 Å². The molecule has 3 heteroatoms. The Hall–Kier alpha value is -2.29. The number of esters is 1. The van der Waals surface area contributed by atoms with Crippen molar-refractivity contribution < 1.29 is 9.53 Å². The van der Waals surface area contributed by atoms with E-state index in [0.717, 1.165) is 11.3 Å². The molecule has 2 aromatic rings. The number of nitrogens with one attached hydrogen (secondary N) is 1. The molecule has 2 aromatic carbocycles. The molecule has 0 saturated heterocycles. The van der Waals surface area contributed by atoms with Gasteiger partial charge in [-0.05, 0) is 11.6 Å². The van der Waals surface area contributed by atoms with Gasteiger partial charge in [-0.2, -0.15) is 0 Å². The smallest absolute Gasteiger partial charge is 0.303 e. The highest BCUT2D eigenvalue weighted by atomic mass is 16.5. The van der Waals surface area contributed by atoms with Crippen molar-refractivity contribution in [3.05, 3.63) is 65.7 Å². The molecular formula is C19H21NO2. The van der Waals surface area contributed by atoms with Gasteiger partial charge in [-0.15, -0.1) is 0 Å². The van der Waals surface area contributed by atoms with Gasteiger partial charge in [-0.25, -0.2) is 0 Å². The maximum Gasteiger partial charge on any atom is 0.303 e. The summed E-state index contributed by atoms with van der Waals surface area (Å²) >= 11 is 0. The molecule has 0 aromatic heterocycles. The summed E-state index contributed by atoms with van der Waals surface area (Å²) in [6.07, 6.45) is -0.271. The van der Waals surface area contributed by atoms with E-state index in [1.54, 1.807) is 0 Å². The number of carbonyl (C=O) groups excluding carboxylic acids is 1. The van der Waals surface area contributed by atoms with E-state index in [4.69, 9.17) is 4.74 Å². The van der Waals surface area contributed by atoms with Gasteiger partial charge in [0.1, 0.15) is 6.10 Å². The summed E-state index contributed by atoms with van der Waals surface area (Å²) in [5.41, 5.74) is 3.00. The van der Waals surface area contributed by atoms with Crippen LogP contribution < -0.4 is 5.32 Å². The topological polar surface area (TPSA) is 38.3 Å². The largest absolute Gasteiger partial charge is 0.457 e. The first kappa shape index (κ1) is 14.6. The minimum atomic E-state index is -0.271. The van der Waals surface area contributed by atoms with Crippen molar-refractivity contribution in [3.8, 4) is 0 Å². The van der Waals surface area contributed by atoms with Crippen LogP contribution in [0.1, 0.15) is 44.0 Å². The molecule has 1 heterocycles. The van der Waals surface area contributed by atoms with E-state index in [0.29, 0.717) is 0 Å². The van der Waals surface area contributed by atoms with Crippen LogP contribution in [0, 0.1) is 5.41 Å². The standard InChI is InChI=1S/C19H21NO2/c1-13(21)22-18-15-11-7-8-12-16(15)20-17(19(18,2)3)14-9-5-4-6-10-14/h4-12,17-18,20H,1-3H3/t17-,18+/m0/s1. The normalized spacial score (nSPS) is 22.3. The van der Waals surface area contributed by atoms with Crippen molar-refractivity contribution in [2.45, 2.75) is 32.9 Å². The highest BCUT2D eigenvalue weighted by Gasteiger charge is 2.45. The summed E-state index contributed by atoms with van der Waals surface area (Å²) in [4.78, 5) is 11.6. The van der Waals surface area contributed by atoms with Gasteiger partial charge in [-0.1, -0.05) is 62.4 Å². The van der Waals surface area contributed by atoms with Gasteiger partial charge >= 0.3 is 5.97 Å². The van der Waals surface area contributed by atoms with Crippen LogP contribution in [0.5, 0.6) is 0 Å². The Bertz CT molecular complexity index is 679. The minimum absolute atomic E-state index is 0.0768. The predicted octanol–water partition coefficient (Wildman–Crippen LogP) is 4.48. The lowest BCUT2D eigenvalue weighted by Gasteiger charge is -2.46. The van der Waals surface area contributed by atoms with Crippen molar-refractivity contribution >= 4 is 11.7 Å². The highest BCUT2D eigenvalue weighted by molar-refractivity contribution is 5.68. The van der Waals surface area contributed by atoms with E-state index in [1.165, 1.54) is 12.5 Å². The maximum absolute atomic E-state index is 11.6. The van der Waals surface area contributed by atoms with E-state index in [2.05, 4.69) is 31.3 Å². The fourth-order valence-electron chi connectivity index (χ4n) is 3.29. The van der Waals surface area contributed by atoms with Crippen LogP contribution in [0.4, 0.5) is 5.69 Å². The zero-order valence-corrected chi connectivity index (χ0v) is 13.2. The number of rotatable bonds is 2. The molecule has 1 aliphatic heterocycles. The molecule has 1 N–H and O–H groups in total. The van der Waals surface area contributed by atoms with Crippen molar-refractivity contribution in [1.29, 1.82) is 0 Å². The molecule has 0 amide bonds. The van der Waals surface area contributed by atoms with Crippen LogP contribution in [0.2, 0.25) is 0 Å². The first-order chi connectivity index (χ1) is 10.5. The molecule has 114 valence electrons. The fraction of sp³-hybridized carbons (Fsp3) is 0.316. The molecule has 0 aliphatic carbocycles. The summed E-state index contributed by atoms with van der Waals surface area (Å²) in [5, 5.41) is 3.62. The third kappa shape index (κ3) is 2.47. The summed E-state index contributed by atoms with van der Waals surface area (Å²) in [7, 11) is 0. The Morgan fingerprint density at radius 3 is 2.36 bits per heavy atom. The first-order valence-corrected chi connectivity index (χ1v) is 7.58. The number of benzene rings is 2. The second-order valence-corrected chi connectivity index (χ2v) is 6.39. The van der Waals surface area contributed by atoms with Crippen LogP contribution in [0.3, 0.4) is 0 Å². The van der Waals surface area contributed by atoms with Gasteiger partial charge in [0.2, 0.25) is 0 Å². The Labute approximate surface area is 131 Å². The monoisotopic (exact) mass is 295 g/mol. The lowest BCUT2D eigenvalue weighted by molar-refractivity contribution is -0.154. The predicted molar refractivity (Wildman–Crippen MR) is 87.5 cm³/mol. The summed E-state index contributed by atoms with van der Waals surface area (Å²) in [6, 6.07) is 18.4. The molecule has 2 atom stereocenters. The van der Waals surface area contributed by atoms with Crippen LogP contribution in [-0.4, -0.2) is 5.97 Å². The third-order valence-electron chi connectivity index (χ3n) is 4.38. The van der Waals surface area contributed by atoms with Crippen LogP contribution >= 0.6 is 0 Å². The van der Waals surface area contributed by atoms with Gasteiger partial charge in [0.15, 0.2) is 0 Å². The van der Waals surface area contributed by atoms with Crippen molar-refractivity contribution in [2.75, 3.05) is 5.32 Å². The number of para-hydroxylation sites is 1. The van der Waals surface area contributed by atoms with Crippen LogP contribution in [0.15, 0.2) is 54.6 Å². The Morgan fingerprint density at radius 2 is 1.68 bits per heavy atom. The Morgan fingerprint density at radius 1 is 1.05 bits per heavy atom. The van der Waals surface area contributed by atoms with Crippen molar-refractivity contribution in [3.63, 3.8) is 0 Å². The Balaban J connectivity index is 2.10. The summed E-state index contributed by atoms with van der Waals surface area (Å²) in [6.45, 7) is 5.75. The number of hydrogen-bond acceptors (Lipinski definition) is 3. The van der Waals surface area contributed by atoms with E-state index >= 15 is 0 Å². The molecule has 0 radical (unpaired) electrons. The maximum atomic E-state index is 11.6. The van der Waals surface area contributed by atoms with Gasteiger partial charge in [0, 0.05) is 23.6 Å². The lowest BCUT2D eigenvalue weighted by Crippen LogP contribution is -2.40. The first-order valence-electron chi connectivity index (χ1n) is 7.58. The van der Waals surface area contributed by atoms with Gasteiger partial charge in [0.05, 0.1) is 6.04 Å². The SMILES string of the molecule is CC(=O)O[C@@H]1c2ccccc2N[C@@H](c2ccccc2)C1(C)C. The quantitative estimate of drug-likeness (QED) is 0.830. The molecule has 0 spiro atoms. The average Bonchev–Trinajstić information content (AvgIpc) is 2.50. The second-order valence-electron chi connectivity index (χ2n) is 6.39. The number of hydrogen-bond donors (Lipinski definition) is 1. The summed E-state index contributed by atoms with van der Waals surface area (Å²) in [5.74, 6) is -0.249. The van der Waals surface area contributed by atoms with Crippen LogP contribution in [0.25, 0.3) is 0 Å². The zero-order valence-electron chi connectivity index (χ0n) is 13.2. The van der Waals surface area contributed by atoms with Crippen molar-refractivity contribution in [1.82, 2.24) is 0 Å². The van der Waals surface area contributed by atoms with E-state index in [-0.39, 0.29) is 23.5 Å². The number of carbonyl (C=O) groups is 1. The third-order valence-corrected chi connectivity index (χ3v) is 4.38. The molecular weight excluding hydrogens is 274 g/mol. The highest BCUT2D eigenvalue weighted by Crippen LogP contribution is 2.52. The summed E-state index contributed by atoms with van der Waals surface area (Å²) < 4.78 is 5.71. The van der Waals surface area contributed by atoms with Gasteiger partial charge < -0.3 is 10.1 Å². The average molecular weight is 295 g/mol. The molecule has 3 rings (SSSR count). The molecule has 0 saturated carbocycles. The minimum Gasteiger partial charge on any atom is -0.457 e.